The van der Waals surface area contributed by atoms with Crippen molar-refractivity contribution >= 4 is 0 Å². The molecule has 0 aromatic rings. The molecular formula is C19H36N2O2. The second kappa shape index (κ2) is 8.80. The van der Waals surface area contributed by atoms with E-state index in [1.807, 2.05) is 0 Å². The van der Waals surface area contributed by atoms with Gasteiger partial charge in [-0.25, -0.2) is 0 Å². The first-order chi connectivity index (χ1) is 11.3. The molecule has 1 heterocycles. The van der Waals surface area contributed by atoms with Crippen LogP contribution in [-0.4, -0.2) is 51.6 Å². The maximum Gasteiger partial charge on any atom is 0.0623 e. The van der Waals surface area contributed by atoms with Gasteiger partial charge in [0.1, 0.15) is 0 Å². The highest BCUT2D eigenvalue weighted by molar-refractivity contribution is 4.94. The Labute approximate surface area is 142 Å². The molecule has 2 N–H and O–H groups in total. The Bertz CT molecular complexity index is 338. The van der Waals surface area contributed by atoms with E-state index in [9.17, 15) is 0 Å². The summed E-state index contributed by atoms with van der Waals surface area (Å²) in [6.07, 6.45) is 10.9. The molecule has 3 aliphatic rings. The summed E-state index contributed by atoms with van der Waals surface area (Å²) in [4.78, 5) is 0. The molecule has 3 fully saturated rings. The van der Waals surface area contributed by atoms with E-state index in [4.69, 9.17) is 9.47 Å². The molecule has 134 valence electrons. The SMILES string of the molecule is CCOCCC1(CNC2CCCC2C2COCCN2)CCCC1. The molecule has 3 atom stereocenters. The number of ether oxygens (including phenoxy) is 2. The van der Waals surface area contributed by atoms with Gasteiger partial charge in [0.15, 0.2) is 0 Å². The minimum Gasteiger partial charge on any atom is -0.382 e. The van der Waals surface area contributed by atoms with Crippen LogP contribution in [0.25, 0.3) is 0 Å². The zero-order valence-electron chi connectivity index (χ0n) is 14.9. The highest BCUT2D eigenvalue weighted by Crippen LogP contribution is 2.41. The predicted octanol–water partition coefficient (Wildman–Crippen LogP) is 2.72. The molecule has 0 aromatic heterocycles. The molecular weight excluding hydrogens is 288 g/mol. The molecule has 1 aliphatic heterocycles. The lowest BCUT2D eigenvalue weighted by Crippen LogP contribution is -2.52. The summed E-state index contributed by atoms with van der Waals surface area (Å²) in [5, 5.41) is 7.67. The summed E-state index contributed by atoms with van der Waals surface area (Å²) in [5.74, 6) is 0.751. The third-order valence-electron chi connectivity index (χ3n) is 6.42. The quantitative estimate of drug-likeness (QED) is 0.674. The molecule has 4 heteroatoms. The van der Waals surface area contributed by atoms with E-state index < -0.39 is 0 Å². The summed E-state index contributed by atoms with van der Waals surface area (Å²) < 4.78 is 11.4. The maximum absolute atomic E-state index is 5.70. The zero-order valence-corrected chi connectivity index (χ0v) is 14.9. The molecule has 0 bridgehead atoms. The first kappa shape index (κ1) is 17.7. The fourth-order valence-electron chi connectivity index (χ4n) is 5.01. The Kier molecular flexibility index (Phi) is 6.75. The number of hydrogen-bond donors (Lipinski definition) is 2. The van der Waals surface area contributed by atoms with Gasteiger partial charge in [0.05, 0.1) is 13.2 Å². The summed E-state index contributed by atoms with van der Waals surface area (Å²) in [5.41, 5.74) is 0.499. The number of morpholine rings is 1. The van der Waals surface area contributed by atoms with Crippen molar-refractivity contribution in [1.29, 1.82) is 0 Å². The molecule has 2 saturated carbocycles. The van der Waals surface area contributed by atoms with Gasteiger partial charge in [0.2, 0.25) is 0 Å². The first-order valence-corrected chi connectivity index (χ1v) is 9.95. The van der Waals surface area contributed by atoms with Gasteiger partial charge in [-0.3, -0.25) is 0 Å². The lowest BCUT2D eigenvalue weighted by atomic mass is 9.82. The topological polar surface area (TPSA) is 42.5 Å². The second-order valence-corrected chi connectivity index (χ2v) is 7.87. The monoisotopic (exact) mass is 324 g/mol. The average Bonchev–Trinajstić information content (AvgIpc) is 3.24. The molecule has 0 aromatic carbocycles. The van der Waals surface area contributed by atoms with Crippen LogP contribution in [0.15, 0.2) is 0 Å². The van der Waals surface area contributed by atoms with E-state index in [-0.39, 0.29) is 0 Å². The van der Waals surface area contributed by atoms with Crippen LogP contribution < -0.4 is 10.6 Å². The largest absolute Gasteiger partial charge is 0.382 e. The summed E-state index contributed by atoms with van der Waals surface area (Å²) >= 11 is 0. The third kappa shape index (κ3) is 4.68. The van der Waals surface area contributed by atoms with E-state index in [0.29, 0.717) is 17.5 Å². The summed E-state index contributed by atoms with van der Waals surface area (Å²) in [6, 6.07) is 1.24. The van der Waals surface area contributed by atoms with Crippen molar-refractivity contribution in [2.75, 3.05) is 39.5 Å². The standard InChI is InChI=1S/C19H36N2O2/c1-2-22-12-10-19(8-3-4-9-19)15-21-17-7-5-6-16(17)18-14-23-13-11-20-18/h16-18,20-21H,2-15H2,1H3. The van der Waals surface area contributed by atoms with Crippen LogP contribution in [0.5, 0.6) is 0 Å². The normalized spacial score (nSPS) is 34.0. The Hall–Kier alpha value is -0.160. The maximum atomic E-state index is 5.70. The van der Waals surface area contributed by atoms with Crippen LogP contribution >= 0.6 is 0 Å². The first-order valence-electron chi connectivity index (χ1n) is 9.95. The number of nitrogens with one attached hydrogen (secondary N) is 2. The predicted molar refractivity (Wildman–Crippen MR) is 93.8 cm³/mol. The third-order valence-corrected chi connectivity index (χ3v) is 6.42. The molecule has 0 spiro atoms. The molecule has 4 nitrogen and oxygen atoms in total. The molecule has 3 unspecified atom stereocenters. The lowest BCUT2D eigenvalue weighted by molar-refractivity contribution is 0.0506. The van der Waals surface area contributed by atoms with Crippen LogP contribution in [0.3, 0.4) is 0 Å². The van der Waals surface area contributed by atoms with Crippen LogP contribution in [0.2, 0.25) is 0 Å². The molecule has 2 aliphatic carbocycles. The van der Waals surface area contributed by atoms with Gasteiger partial charge in [0.25, 0.3) is 0 Å². The minimum atomic E-state index is 0.499. The number of hydrogen-bond acceptors (Lipinski definition) is 4. The van der Waals surface area contributed by atoms with Crippen molar-refractivity contribution < 1.29 is 9.47 Å². The highest BCUT2D eigenvalue weighted by Gasteiger charge is 2.38. The molecule has 0 radical (unpaired) electrons. The van der Waals surface area contributed by atoms with Crippen LogP contribution in [0, 0.1) is 11.3 Å². The molecule has 23 heavy (non-hydrogen) atoms. The Morgan fingerprint density at radius 3 is 2.83 bits per heavy atom. The zero-order chi connectivity index (χ0) is 16.0. The van der Waals surface area contributed by atoms with E-state index >= 15 is 0 Å². The minimum absolute atomic E-state index is 0.499. The Morgan fingerprint density at radius 1 is 1.22 bits per heavy atom. The molecule has 1 saturated heterocycles. The van der Waals surface area contributed by atoms with Gasteiger partial charge in [-0.1, -0.05) is 19.3 Å². The smallest absolute Gasteiger partial charge is 0.0623 e. The summed E-state index contributed by atoms with van der Waals surface area (Å²) in [6.45, 7) is 7.87. The average molecular weight is 325 g/mol. The fourth-order valence-corrected chi connectivity index (χ4v) is 5.01. The highest BCUT2D eigenvalue weighted by atomic mass is 16.5. The van der Waals surface area contributed by atoms with Crippen LogP contribution in [0.1, 0.15) is 58.3 Å². The van der Waals surface area contributed by atoms with Crippen molar-refractivity contribution in [2.24, 2.45) is 11.3 Å². The van der Waals surface area contributed by atoms with Gasteiger partial charge >= 0.3 is 0 Å². The summed E-state index contributed by atoms with van der Waals surface area (Å²) in [7, 11) is 0. The van der Waals surface area contributed by atoms with Gasteiger partial charge in [-0.15, -0.1) is 0 Å². The van der Waals surface area contributed by atoms with E-state index in [1.165, 1.54) is 57.9 Å². The molecule has 3 rings (SSSR count). The van der Waals surface area contributed by atoms with Gasteiger partial charge in [-0.05, 0) is 50.4 Å². The van der Waals surface area contributed by atoms with E-state index in [2.05, 4.69) is 17.6 Å². The van der Waals surface area contributed by atoms with Gasteiger partial charge in [-0.2, -0.15) is 0 Å². The van der Waals surface area contributed by atoms with Crippen molar-refractivity contribution in [3.8, 4) is 0 Å². The van der Waals surface area contributed by atoms with Crippen molar-refractivity contribution in [1.82, 2.24) is 10.6 Å². The van der Waals surface area contributed by atoms with Crippen LogP contribution in [-0.2, 0) is 9.47 Å². The van der Waals surface area contributed by atoms with E-state index in [1.54, 1.807) is 0 Å². The van der Waals surface area contributed by atoms with Crippen molar-refractivity contribution in [3.63, 3.8) is 0 Å². The Morgan fingerprint density at radius 2 is 2.09 bits per heavy atom. The molecule has 0 amide bonds. The number of rotatable bonds is 8. The van der Waals surface area contributed by atoms with Crippen molar-refractivity contribution in [2.45, 2.75) is 70.4 Å². The fraction of sp³-hybridized carbons (Fsp3) is 1.00. The van der Waals surface area contributed by atoms with E-state index in [0.717, 1.165) is 38.9 Å². The van der Waals surface area contributed by atoms with Gasteiger partial charge in [0, 0.05) is 38.4 Å². The lowest BCUT2D eigenvalue weighted by Gasteiger charge is -2.36. The Balaban J connectivity index is 1.50. The van der Waals surface area contributed by atoms with Crippen molar-refractivity contribution in [3.05, 3.63) is 0 Å². The second-order valence-electron chi connectivity index (χ2n) is 7.87. The van der Waals surface area contributed by atoms with Crippen LogP contribution in [0.4, 0.5) is 0 Å². The van der Waals surface area contributed by atoms with Gasteiger partial charge < -0.3 is 20.1 Å².